The van der Waals surface area contributed by atoms with Gasteiger partial charge in [0.1, 0.15) is 0 Å². The fourth-order valence-electron chi connectivity index (χ4n) is 2.45. The molecule has 7 heteroatoms. The number of aromatic nitrogens is 2. The molecule has 1 saturated heterocycles. The highest BCUT2D eigenvalue weighted by molar-refractivity contribution is 5.42. The number of rotatable bonds is 5. The van der Waals surface area contributed by atoms with E-state index in [0.717, 1.165) is 26.2 Å². The fourth-order valence-corrected chi connectivity index (χ4v) is 2.45. The summed E-state index contributed by atoms with van der Waals surface area (Å²) in [6, 6.07) is 3.60. The summed E-state index contributed by atoms with van der Waals surface area (Å²) in [4.78, 5) is 4.41. The van der Waals surface area contributed by atoms with Crippen LogP contribution in [0, 0.1) is 0 Å². The van der Waals surface area contributed by atoms with Gasteiger partial charge < -0.3 is 18.5 Å². The van der Waals surface area contributed by atoms with E-state index in [-0.39, 0.29) is 6.10 Å². The predicted octanol–water partition coefficient (Wildman–Crippen LogP) is 1.09. The van der Waals surface area contributed by atoms with Gasteiger partial charge >= 0.3 is 0 Å². The molecule has 0 amide bonds. The lowest BCUT2D eigenvalue weighted by Crippen LogP contribution is -2.46. The van der Waals surface area contributed by atoms with Gasteiger partial charge in [0.25, 0.3) is 5.89 Å². The second kappa shape index (κ2) is 6.38. The lowest BCUT2D eigenvalue weighted by Gasteiger charge is -2.33. The zero-order chi connectivity index (χ0) is 14.7. The molecule has 0 N–H and O–H groups in total. The summed E-state index contributed by atoms with van der Waals surface area (Å²) in [5.74, 6) is 1.63. The Morgan fingerprint density at radius 2 is 2.29 bits per heavy atom. The van der Waals surface area contributed by atoms with Gasteiger partial charge in [0.2, 0.25) is 5.89 Å². The zero-order valence-corrected chi connectivity index (χ0v) is 12.4. The van der Waals surface area contributed by atoms with Gasteiger partial charge in [-0.05, 0) is 26.2 Å². The molecule has 0 aliphatic carbocycles. The lowest BCUT2D eigenvalue weighted by molar-refractivity contribution is -0.0426. The molecule has 1 fully saturated rings. The number of hydrogen-bond acceptors (Lipinski definition) is 7. The number of furan rings is 1. The van der Waals surface area contributed by atoms with Crippen molar-refractivity contribution < 1.29 is 13.6 Å². The fraction of sp³-hybridized carbons (Fsp3) is 0.571. The number of ether oxygens (including phenoxy) is 1. The predicted molar refractivity (Wildman–Crippen MR) is 75.6 cm³/mol. The third kappa shape index (κ3) is 3.69. The highest BCUT2D eigenvalue weighted by Gasteiger charge is 2.23. The molecule has 0 unspecified atom stereocenters. The van der Waals surface area contributed by atoms with Gasteiger partial charge in [-0.2, -0.15) is 0 Å². The molecule has 21 heavy (non-hydrogen) atoms. The van der Waals surface area contributed by atoms with E-state index in [1.165, 1.54) is 0 Å². The highest BCUT2D eigenvalue weighted by atomic mass is 16.5. The minimum absolute atomic E-state index is 0.223. The molecule has 2 aromatic rings. The average molecular weight is 292 g/mol. The van der Waals surface area contributed by atoms with Gasteiger partial charge in [0.05, 0.1) is 25.5 Å². The Balaban J connectivity index is 1.59. The second-order valence-corrected chi connectivity index (χ2v) is 5.47. The van der Waals surface area contributed by atoms with Crippen LogP contribution >= 0.6 is 0 Å². The maximum Gasteiger partial charge on any atom is 0.283 e. The first kappa shape index (κ1) is 14.2. The van der Waals surface area contributed by atoms with Crippen LogP contribution in [0.1, 0.15) is 5.89 Å². The van der Waals surface area contributed by atoms with Crippen LogP contribution in [0.5, 0.6) is 0 Å². The standard InChI is InChI=1S/C14H20N4O3/c1-17(2)8-11-9-18(5-7-19-11)10-13-15-16-14(21-13)12-4-3-6-20-12/h3-4,6,11H,5,7-10H2,1-2H3/t11-/m0/s1. The summed E-state index contributed by atoms with van der Waals surface area (Å²) in [7, 11) is 4.10. The minimum atomic E-state index is 0.223. The van der Waals surface area contributed by atoms with Crippen molar-refractivity contribution in [3.05, 3.63) is 24.3 Å². The molecule has 1 aliphatic rings. The van der Waals surface area contributed by atoms with E-state index in [1.807, 2.05) is 0 Å². The molecule has 0 spiro atoms. The Morgan fingerprint density at radius 3 is 3.05 bits per heavy atom. The number of morpholine rings is 1. The van der Waals surface area contributed by atoms with Crippen molar-refractivity contribution >= 4 is 0 Å². The van der Waals surface area contributed by atoms with Crippen LogP contribution in [0.4, 0.5) is 0 Å². The smallest absolute Gasteiger partial charge is 0.283 e. The van der Waals surface area contributed by atoms with Crippen molar-refractivity contribution in [2.24, 2.45) is 0 Å². The maximum absolute atomic E-state index is 5.76. The molecule has 0 aromatic carbocycles. The van der Waals surface area contributed by atoms with Crippen LogP contribution in [0.2, 0.25) is 0 Å². The summed E-state index contributed by atoms with van der Waals surface area (Å²) in [6.45, 7) is 4.04. The first-order chi connectivity index (χ1) is 10.2. The molecule has 114 valence electrons. The van der Waals surface area contributed by atoms with Crippen molar-refractivity contribution in [2.45, 2.75) is 12.6 Å². The van der Waals surface area contributed by atoms with Crippen molar-refractivity contribution in [3.8, 4) is 11.7 Å². The third-order valence-corrected chi connectivity index (χ3v) is 3.35. The molecule has 2 aromatic heterocycles. The van der Waals surface area contributed by atoms with Crippen molar-refractivity contribution in [1.82, 2.24) is 20.0 Å². The molecular formula is C14H20N4O3. The minimum Gasteiger partial charge on any atom is -0.459 e. The van der Waals surface area contributed by atoms with Crippen molar-refractivity contribution in [1.29, 1.82) is 0 Å². The first-order valence-electron chi connectivity index (χ1n) is 7.05. The summed E-state index contributed by atoms with van der Waals surface area (Å²) in [5, 5.41) is 8.10. The molecule has 0 radical (unpaired) electrons. The number of nitrogens with zero attached hydrogens (tertiary/aromatic N) is 4. The summed E-state index contributed by atoms with van der Waals surface area (Å²) < 4.78 is 16.6. The van der Waals surface area contributed by atoms with E-state index in [9.17, 15) is 0 Å². The average Bonchev–Trinajstić information content (AvgIpc) is 3.08. The third-order valence-electron chi connectivity index (χ3n) is 3.35. The van der Waals surface area contributed by atoms with E-state index in [1.54, 1.807) is 18.4 Å². The molecule has 3 heterocycles. The SMILES string of the molecule is CN(C)C[C@H]1CN(Cc2nnc(-c3ccco3)o2)CCO1. The Morgan fingerprint density at radius 1 is 1.38 bits per heavy atom. The summed E-state index contributed by atoms with van der Waals surface area (Å²) >= 11 is 0. The van der Waals surface area contributed by atoms with Crippen molar-refractivity contribution in [2.75, 3.05) is 40.3 Å². The summed E-state index contributed by atoms with van der Waals surface area (Å²) in [6.07, 6.45) is 1.81. The first-order valence-corrected chi connectivity index (χ1v) is 7.05. The van der Waals surface area contributed by atoms with E-state index in [4.69, 9.17) is 13.6 Å². The number of hydrogen-bond donors (Lipinski definition) is 0. The highest BCUT2D eigenvalue weighted by Crippen LogP contribution is 2.19. The molecular weight excluding hydrogens is 272 g/mol. The Hall–Kier alpha value is -1.70. The normalized spacial score (nSPS) is 20.2. The van der Waals surface area contributed by atoms with Gasteiger partial charge in [0, 0.05) is 19.6 Å². The van der Waals surface area contributed by atoms with Crippen LogP contribution < -0.4 is 0 Å². The number of likely N-dealkylation sites (N-methyl/N-ethyl adjacent to an activating group) is 1. The quantitative estimate of drug-likeness (QED) is 0.817. The molecule has 7 nitrogen and oxygen atoms in total. The van der Waals surface area contributed by atoms with Crippen LogP contribution in [-0.4, -0.2) is 66.4 Å². The molecule has 0 bridgehead atoms. The largest absolute Gasteiger partial charge is 0.459 e. The van der Waals surface area contributed by atoms with Gasteiger partial charge in [0.15, 0.2) is 5.76 Å². The summed E-state index contributed by atoms with van der Waals surface area (Å²) in [5.41, 5.74) is 0. The lowest BCUT2D eigenvalue weighted by atomic mass is 10.2. The van der Waals surface area contributed by atoms with Gasteiger partial charge in [-0.1, -0.05) is 0 Å². The Kier molecular flexibility index (Phi) is 4.33. The van der Waals surface area contributed by atoms with Crippen LogP contribution in [0.3, 0.4) is 0 Å². The van der Waals surface area contributed by atoms with E-state index in [2.05, 4.69) is 34.1 Å². The Bertz CT molecular complexity index is 552. The monoisotopic (exact) mass is 292 g/mol. The van der Waals surface area contributed by atoms with E-state index < -0.39 is 0 Å². The van der Waals surface area contributed by atoms with Gasteiger partial charge in [-0.15, -0.1) is 10.2 Å². The Labute approximate surface area is 123 Å². The van der Waals surface area contributed by atoms with Gasteiger partial charge in [-0.3, -0.25) is 4.90 Å². The maximum atomic E-state index is 5.76. The van der Waals surface area contributed by atoms with E-state index in [0.29, 0.717) is 24.1 Å². The molecule has 3 rings (SSSR count). The van der Waals surface area contributed by atoms with Crippen LogP contribution in [-0.2, 0) is 11.3 Å². The molecule has 1 aliphatic heterocycles. The van der Waals surface area contributed by atoms with Crippen LogP contribution in [0.25, 0.3) is 11.7 Å². The van der Waals surface area contributed by atoms with Gasteiger partial charge in [-0.25, -0.2) is 0 Å². The topological polar surface area (TPSA) is 67.8 Å². The van der Waals surface area contributed by atoms with E-state index >= 15 is 0 Å². The molecule has 1 atom stereocenters. The second-order valence-electron chi connectivity index (χ2n) is 5.47. The van der Waals surface area contributed by atoms with Crippen molar-refractivity contribution in [3.63, 3.8) is 0 Å². The van der Waals surface area contributed by atoms with Crippen LogP contribution in [0.15, 0.2) is 27.2 Å². The zero-order valence-electron chi connectivity index (χ0n) is 12.4. The molecule has 0 saturated carbocycles.